The molecule has 0 aromatic heterocycles. The molecule has 0 saturated carbocycles. The first-order valence-corrected chi connectivity index (χ1v) is 11.7. The summed E-state index contributed by atoms with van der Waals surface area (Å²) in [6.45, 7) is 2.31. The maximum atomic E-state index is 12.8. The van der Waals surface area contributed by atoms with Gasteiger partial charge in [-0.3, -0.25) is 24.1 Å². The molecule has 2 aromatic rings. The van der Waals surface area contributed by atoms with Crippen molar-refractivity contribution in [1.29, 1.82) is 0 Å². The molecule has 2 fully saturated rings. The van der Waals surface area contributed by atoms with E-state index in [9.17, 15) is 19.2 Å². The molecule has 2 heterocycles. The van der Waals surface area contributed by atoms with Crippen LogP contribution in [-0.2, 0) is 25.6 Å². The van der Waals surface area contributed by atoms with Crippen LogP contribution in [0.4, 0.5) is 11.4 Å². The summed E-state index contributed by atoms with van der Waals surface area (Å²) in [5.41, 5.74) is 2.37. The highest BCUT2D eigenvalue weighted by atomic mass is 16.5. The number of allylic oxidation sites excluding steroid dienone is 2. The van der Waals surface area contributed by atoms with Gasteiger partial charge < -0.3 is 9.64 Å². The first-order chi connectivity index (χ1) is 16.5. The van der Waals surface area contributed by atoms with E-state index in [2.05, 4.69) is 0 Å². The highest BCUT2D eigenvalue weighted by Gasteiger charge is 2.47. The van der Waals surface area contributed by atoms with E-state index in [4.69, 9.17) is 4.74 Å². The Morgan fingerprint density at radius 1 is 0.941 bits per heavy atom. The predicted octanol–water partition coefficient (Wildman–Crippen LogP) is 3.66. The first-order valence-electron chi connectivity index (χ1n) is 11.7. The molecule has 34 heavy (non-hydrogen) atoms. The highest BCUT2D eigenvalue weighted by molar-refractivity contribution is 6.22. The van der Waals surface area contributed by atoms with E-state index in [0.717, 1.165) is 17.7 Å². The summed E-state index contributed by atoms with van der Waals surface area (Å²) in [6, 6.07) is 14.1. The lowest BCUT2D eigenvalue weighted by atomic mass is 9.85. The first kappa shape index (κ1) is 22.1. The van der Waals surface area contributed by atoms with Gasteiger partial charge in [0.25, 0.3) is 0 Å². The number of aryl methyl sites for hydroxylation is 1. The van der Waals surface area contributed by atoms with E-state index in [-0.39, 0.29) is 42.5 Å². The van der Waals surface area contributed by atoms with E-state index < -0.39 is 11.9 Å². The number of rotatable bonds is 5. The van der Waals surface area contributed by atoms with Crippen LogP contribution in [0.15, 0.2) is 60.7 Å². The van der Waals surface area contributed by atoms with Crippen LogP contribution in [0.2, 0.25) is 0 Å². The lowest BCUT2D eigenvalue weighted by molar-refractivity contribution is -0.139. The molecular formula is C27H26N2O5. The number of amides is 3. The van der Waals surface area contributed by atoms with Gasteiger partial charge in [0.05, 0.1) is 23.4 Å². The summed E-state index contributed by atoms with van der Waals surface area (Å²) in [5, 5.41) is 0. The third-order valence-corrected chi connectivity index (χ3v) is 6.94. The number of anilines is 2. The third-order valence-electron chi connectivity index (χ3n) is 6.94. The standard InChI is InChI=1S/C27H26N2O5/c1-2-17-7-3-6-10-23(17)28-16-18(15-24(28)30)27(33)34-20-13-11-19(12-14-20)29-25(31)21-8-4-5-9-22(21)26(29)32/h3-7,10-14,18,21-22H,2,8-9,15-16H2,1H3/t18-,21-,22-/m1/s1. The summed E-state index contributed by atoms with van der Waals surface area (Å²) in [7, 11) is 0. The van der Waals surface area contributed by atoms with Crippen molar-refractivity contribution < 1.29 is 23.9 Å². The van der Waals surface area contributed by atoms with Crippen molar-refractivity contribution in [2.24, 2.45) is 17.8 Å². The molecule has 7 nitrogen and oxygen atoms in total. The number of imide groups is 1. The molecule has 1 aliphatic carbocycles. The van der Waals surface area contributed by atoms with Gasteiger partial charge in [-0.2, -0.15) is 0 Å². The maximum absolute atomic E-state index is 12.8. The minimum absolute atomic E-state index is 0.0970. The normalized spacial score (nSPS) is 24.0. The molecule has 0 unspecified atom stereocenters. The largest absolute Gasteiger partial charge is 0.426 e. The Bertz CT molecular complexity index is 1160. The van der Waals surface area contributed by atoms with E-state index >= 15 is 0 Å². The van der Waals surface area contributed by atoms with Gasteiger partial charge in [-0.1, -0.05) is 37.3 Å². The molecule has 5 rings (SSSR count). The van der Waals surface area contributed by atoms with Crippen LogP contribution in [0.5, 0.6) is 5.75 Å². The van der Waals surface area contributed by atoms with E-state index in [1.807, 2.05) is 43.3 Å². The zero-order valence-corrected chi connectivity index (χ0v) is 19.0. The number of para-hydroxylation sites is 1. The summed E-state index contributed by atoms with van der Waals surface area (Å²) in [4.78, 5) is 53.8. The number of nitrogens with zero attached hydrogens (tertiary/aromatic N) is 2. The number of benzene rings is 2. The average molecular weight is 459 g/mol. The second-order valence-electron chi connectivity index (χ2n) is 8.97. The summed E-state index contributed by atoms with van der Waals surface area (Å²) in [6.07, 6.45) is 5.97. The van der Waals surface area contributed by atoms with Crippen molar-refractivity contribution in [3.05, 3.63) is 66.2 Å². The number of esters is 1. The van der Waals surface area contributed by atoms with Gasteiger partial charge >= 0.3 is 5.97 Å². The molecule has 3 amide bonds. The zero-order valence-electron chi connectivity index (χ0n) is 19.0. The monoisotopic (exact) mass is 458 g/mol. The Hall–Kier alpha value is -3.74. The molecule has 2 aromatic carbocycles. The molecule has 3 atom stereocenters. The average Bonchev–Trinajstić information content (AvgIpc) is 3.37. The van der Waals surface area contributed by atoms with Crippen LogP contribution in [-0.4, -0.2) is 30.2 Å². The van der Waals surface area contributed by atoms with Crippen molar-refractivity contribution in [2.75, 3.05) is 16.3 Å². The second-order valence-corrected chi connectivity index (χ2v) is 8.97. The molecule has 174 valence electrons. The lowest BCUT2D eigenvalue weighted by Gasteiger charge is -2.19. The predicted molar refractivity (Wildman–Crippen MR) is 126 cm³/mol. The number of hydrogen-bond donors (Lipinski definition) is 0. The van der Waals surface area contributed by atoms with E-state index in [1.165, 1.54) is 4.90 Å². The summed E-state index contributed by atoms with van der Waals surface area (Å²) < 4.78 is 5.54. The molecular weight excluding hydrogens is 432 g/mol. The summed E-state index contributed by atoms with van der Waals surface area (Å²) in [5.74, 6) is -1.77. The van der Waals surface area contributed by atoms with Crippen LogP contribution in [0.3, 0.4) is 0 Å². The second kappa shape index (κ2) is 8.89. The SMILES string of the molecule is CCc1ccccc1N1C[C@H](C(=O)Oc2ccc(N3C(=O)[C@@H]4CC=CC[C@H]4C3=O)cc2)CC1=O. The van der Waals surface area contributed by atoms with Crippen molar-refractivity contribution in [2.45, 2.75) is 32.6 Å². The van der Waals surface area contributed by atoms with Crippen LogP contribution >= 0.6 is 0 Å². The molecule has 0 N–H and O–H groups in total. The van der Waals surface area contributed by atoms with Crippen LogP contribution < -0.4 is 14.5 Å². The van der Waals surface area contributed by atoms with Crippen LogP contribution in [0.1, 0.15) is 31.7 Å². The molecule has 2 aliphatic heterocycles. The van der Waals surface area contributed by atoms with Crippen molar-refractivity contribution >= 4 is 35.1 Å². The fourth-order valence-corrected chi connectivity index (χ4v) is 5.09. The zero-order chi connectivity index (χ0) is 23.8. The Balaban J connectivity index is 1.25. The van der Waals surface area contributed by atoms with Gasteiger partial charge in [0, 0.05) is 18.7 Å². The molecule has 3 aliphatic rings. The van der Waals surface area contributed by atoms with Crippen molar-refractivity contribution in [1.82, 2.24) is 0 Å². The van der Waals surface area contributed by atoms with Gasteiger partial charge in [0.1, 0.15) is 5.75 Å². The fraction of sp³-hybridized carbons (Fsp3) is 0.333. The minimum atomic E-state index is -0.561. The number of fused-ring (bicyclic) bond motifs is 1. The number of carbonyl (C=O) groups is 4. The smallest absolute Gasteiger partial charge is 0.316 e. The highest BCUT2D eigenvalue weighted by Crippen LogP contribution is 2.38. The Morgan fingerprint density at radius 3 is 2.24 bits per heavy atom. The molecule has 0 radical (unpaired) electrons. The summed E-state index contributed by atoms with van der Waals surface area (Å²) >= 11 is 0. The Morgan fingerprint density at radius 2 is 1.59 bits per heavy atom. The lowest BCUT2D eigenvalue weighted by Crippen LogP contribution is -2.30. The van der Waals surface area contributed by atoms with Gasteiger partial charge in [-0.05, 0) is 55.2 Å². The number of carbonyl (C=O) groups excluding carboxylic acids is 4. The number of hydrogen-bond acceptors (Lipinski definition) is 5. The maximum Gasteiger partial charge on any atom is 0.316 e. The molecule has 0 spiro atoms. The Kier molecular flexibility index (Phi) is 5.77. The van der Waals surface area contributed by atoms with Crippen molar-refractivity contribution in [3.8, 4) is 5.75 Å². The van der Waals surface area contributed by atoms with E-state index in [1.54, 1.807) is 29.2 Å². The molecule has 0 bridgehead atoms. The van der Waals surface area contributed by atoms with Gasteiger partial charge in [-0.15, -0.1) is 0 Å². The topological polar surface area (TPSA) is 84.0 Å². The fourth-order valence-electron chi connectivity index (χ4n) is 5.09. The Labute approximate surface area is 198 Å². The van der Waals surface area contributed by atoms with Crippen LogP contribution in [0, 0.1) is 17.8 Å². The van der Waals surface area contributed by atoms with Crippen molar-refractivity contribution in [3.63, 3.8) is 0 Å². The van der Waals surface area contributed by atoms with Gasteiger partial charge in [0.15, 0.2) is 0 Å². The van der Waals surface area contributed by atoms with E-state index in [0.29, 0.717) is 24.3 Å². The quantitative estimate of drug-likeness (QED) is 0.296. The molecule has 7 heteroatoms. The third kappa shape index (κ3) is 3.81. The van der Waals surface area contributed by atoms with Gasteiger partial charge in [-0.25, -0.2) is 0 Å². The number of ether oxygens (including phenoxy) is 1. The van der Waals surface area contributed by atoms with Crippen LogP contribution in [0.25, 0.3) is 0 Å². The van der Waals surface area contributed by atoms with Gasteiger partial charge in [0.2, 0.25) is 17.7 Å². The minimum Gasteiger partial charge on any atom is -0.426 e. The molecule has 2 saturated heterocycles.